The molecule has 1 fully saturated rings. The van der Waals surface area contributed by atoms with Gasteiger partial charge in [-0.15, -0.1) is 5.10 Å². The zero-order valence-electron chi connectivity index (χ0n) is 16.7. The van der Waals surface area contributed by atoms with E-state index in [2.05, 4.69) is 66.7 Å². The lowest BCUT2D eigenvalue weighted by Gasteiger charge is -2.36. The number of rotatable bonds is 7. The molecule has 1 N–H and O–H groups in total. The van der Waals surface area contributed by atoms with Crippen LogP contribution in [0.25, 0.3) is 0 Å². The average Bonchev–Trinajstić information content (AvgIpc) is 2.80. The molecule has 1 aliphatic rings. The number of anilines is 3. The van der Waals surface area contributed by atoms with Crippen molar-refractivity contribution in [3.05, 3.63) is 66.4 Å². The standard InChI is InChI=1S/C22H26N6O/c1-29-20-9-7-19(8-10-20)27-13-15-28(16-14-27)21-17-24-26-22(25-21)23-12-11-18-5-3-2-4-6-18/h2-10,17H,11-16H2,1H3,(H,23,25,26). The van der Waals surface area contributed by atoms with Crippen LogP contribution in [0.5, 0.6) is 5.75 Å². The molecule has 2 heterocycles. The predicted octanol–water partition coefficient (Wildman–Crippen LogP) is 2.86. The molecule has 0 bridgehead atoms. The quantitative estimate of drug-likeness (QED) is 0.665. The average molecular weight is 390 g/mol. The van der Waals surface area contributed by atoms with Crippen molar-refractivity contribution < 1.29 is 4.74 Å². The van der Waals surface area contributed by atoms with E-state index in [1.165, 1.54) is 11.3 Å². The molecular formula is C22H26N6O. The van der Waals surface area contributed by atoms with Crippen LogP contribution in [0.15, 0.2) is 60.8 Å². The second-order valence-electron chi connectivity index (χ2n) is 6.97. The maximum absolute atomic E-state index is 5.24. The van der Waals surface area contributed by atoms with Crippen molar-refractivity contribution in [2.24, 2.45) is 0 Å². The van der Waals surface area contributed by atoms with Crippen LogP contribution in [0.1, 0.15) is 5.56 Å². The number of benzene rings is 2. The minimum Gasteiger partial charge on any atom is -0.497 e. The number of piperazine rings is 1. The Morgan fingerprint density at radius 2 is 1.66 bits per heavy atom. The molecule has 4 rings (SSSR count). The summed E-state index contributed by atoms with van der Waals surface area (Å²) in [5, 5.41) is 11.5. The van der Waals surface area contributed by atoms with Crippen molar-refractivity contribution in [2.75, 3.05) is 55.0 Å². The van der Waals surface area contributed by atoms with Gasteiger partial charge in [0.2, 0.25) is 5.95 Å². The second-order valence-corrected chi connectivity index (χ2v) is 6.97. The van der Waals surface area contributed by atoms with E-state index in [0.717, 1.165) is 50.7 Å². The van der Waals surface area contributed by atoms with Gasteiger partial charge in [-0.2, -0.15) is 10.1 Å². The largest absolute Gasteiger partial charge is 0.497 e. The third-order valence-electron chi connectivity index (χ3n) is 5.13. The van der Waals surface area contributed by atoms with Gasteiger partial charge in [-0.05, 0) is 36.2 Å². The third-order valence-corrected chi connectivity index (χ3v) is 5.13. The van der Waals surface area contributed by atoms with Gasteiger partial charge in [0.1, 0.15) is 5.75 Å². The first-order valence-corrected chi connectivity index (χ1v) is 9.93. The lowest BCUT2D eigenvalue weighted by atomic mass is 10.1. The number of nitrogens with zero attached hydrogens (tertiary/aromatic N) is 5. The number of nitrogens with one attached hydrogen (secondary N) is 1. The van der Waals surface area contributed by atoms with Crippen LogP contribution in [0.4, 0.5) is 17.5 Å². The van der Waals surface area contributed by atoms with Crippen molar-refractivity contribution in [1.82, 2.24) is 15.2 Å². The minimum absolute atomic E-state index is 0.580. The molecule has 0 amide bonds. The molecule has 150 valence electrons. The normalized spacial score (nSPS) is 14.0. The highest BCUT2D eigenvalue weighted by Crippen LogP contribution is 2.22. The summed E-state index contributed by atoms with van der Waals surface area (Å²) in [6.45, 7) is 4.45. The van der Waals surface area contributed by atoms with Gasteiger partial charge in [0.15, 0.2) is 5.82 Å². The Morgan fingerprint density at radius 1 is 0.931 bits per heavy atom. The number of methoxy groups -OCH3 is 1. The van der Waals surface area contributed by atoms with Gasteiger partial charge in [-0.25, -0.2) is 0 Å². The Kier molecular flexibility index (Phi) is 6.04. The minimum atomic E-state index is 0.580. The molecule has 0 saturated carbocycles. The fraction of sp³-hybridized carbons (Fsp3) is 0.318. The Hall–Kier alpha value is -3.35. The Bertz CT molecular complexity index is 895. The van der Waals surface area contributed by atoms with E-state index in [1.807, 2.05) is 18.2 Å². The topological polar surface area (TPSA) is 66.4 Å². The number of ether oxygens (including phenoxy) is 1. The smallest absolute Gasteiger partial charge is 0.244 e. The van der Waals surface area contributed by atoms with Gasteiger partial charge in [-0.3, -0.25) is 0 Å². The van der Waals surface area contributed by atoms with E-state index in [1.54, 1.807) is 13.3 Å². The summed E-state index contributed by atoms with van der Waals surface area (Å²) in [7, 11) is 1.69. The summed E-state index contributed by atoms with van der Waals surface area (Å²) in [6.07, 6.45) is 2.67. The van der Waals surface area contributed by atoms with Gasteiger partial charge in [0, 0.05) is 38.4 Å². The van der Waals surface area contributed by atoms with Crippen LogP contribution < -0.4 is 19.9 Å². The molecule has 7 nitrogen and oxygen atoms in total. The fourth-order valence-electron chi connectivity index (χ4n) is 3.47. The molecule has 0 radical (unpaired) electrons. The molecular weight excluding hydrogens is 364 g/mol. The maximum Gasteiger partial charge on any atom is 0.244 e. The zero-order chi connectivity index (χ0) is 19.9. The van der Waals surface area contributed by atoms with E-state index in [4.69, 9.17) is 4.74 Å². The summed E-state index contributed by atoms with van der Waals surface area (Å²) >= 11 is 0. The van der Waals surface area contributed by atoms with Gasteiger partial charge in [0.05, 0.1) is 13.3 Å². The van der Waals surface area contributed by atoms with Crippen LogP contribution in [-0.4, -0.2) is 55.0 Å². The number of hydrogen-bond acceptors (Lipinski definition) is 7. The number of aromatic nitrogens is 3. The summed E-state index contributed by atoms with van der Waals surface area (Å²) in [6, 6.07) is 18.6. The SMILES string of the molecule is COc1ccc(N2CCN(c3cnnc(NCCc4ccccc4)n3)CC2)cc1. The van der Waals surface area contributed by atoms with Crippen LogP contribution in [0.2, 0.25) is 0 Å². The van der Waals surface area contributed by atoms with Gasteiger partial charge >= 0.3 is 0 Å². The molecule has 1 saturated heterocycles. The lowest BCUT2D eigenvalue weighted by molar-refractivity contribution is 0.415. The Balaban J connectivity index is 1.30. The first-order valence-electron chi connectivity index (χ1n) is 9.93. The predicted molar refractivity (Wildman–Crippen MR) is 116 cm³/mol. The van der Waals surface area contributed by atoms with E-state index in [9.17, 15) is 0 Å². The molecule has 1 aliphatic heterocycles. The first kappa shape index (κ1) is 19.0. The summed E-state index contributed by atoms with van der Waals surface area (Å²) < 4.78 is 5.24. The third kappa shape index (κ3) is 4.93. The molecule has 1 aromatic heterocycles. The van der Waals surface area contributed by atoms with Crippen LogP contribution in [0, 0.1) is 0 Å². The highest BCUT2D eigenvalue weighted by molar-refractivity contribution is 5.51. The fourth-order valence-corrected chi connectivity index (χ4v) is 3.47. The van der Waals surface area contributed by atoms with Crippen molar-refractivity contribution in [2.45, 2.75) is 6.42 Å². The van der Waals surface area contributed by atoms with Crippen LogP contribution in [-0.2, 0) is 6.42 Å². The summed E-state index contributed by atoms with van der Waals surface area (Å²) in [5.74, 6) is 2.33. The molecule has 0 unspecified atom stereocenters. The molecule has 0 aliphatic carbocycles. The molecule has 0 spiro atoms. The maximum atomic E-state index is 5.24. The molecule has 2 aromatic carbocycles. The number of hydrogen-bond donors (Lipinski definition) is 1. The van der Waals surface area contributed by atoms with Gasteiger partial charge in [-0.1, -0.05) is 30.3 Å². The van der Waals surface area contributed by atoms with Gasteiger partial charge < -0.3 is 19.9 Å². The molecule has 7 heteroatoms. The Labute approximate surface area is 171 Å². The molecule has 3 aromatic rings. The van der Waals surface area contributed by atoms with Gasteiger partial charge in [0.25, 0.3) is 0 Å². The highest BCUT2D eigenvalue weighted by atomic mass is 16.5. The first-order chi connectivity index (χ1) is 14.3. The zero-order valence-corrected chi connectivity index (χ0v) is 16.7. The van der Waals surface area contributed by atoms with E-state index < -0.39 is 0 Å². The lowest BCUT2D eigenvalue weighted by Crippen LogP contribution is -2.47. The van der Waals surface area contributed by atoms with Crippen molar-refractivity contribution in [3.8, 4) is 5.75 Å². The Morgan fingerprint density at radius 3 is 2.38 bits per heavy atom. The van der Waals surface area contributed by atoms with E-state index >= 15 is 0 Å². The summed E-state index contributed by atoms with van der Waals surface area (Å²) in [4.78, 5) is 9.29. The van der Waals surface area contributed by atoms with Crippen molar-refractivity contribution >= 4 is 17.5 Å². The van der Waals surface area contributed by atoms with E-state index in [0.29, 0.717) is 5.95 Å². The van der Waals surface area contributed by atoms with E-state index in [-0.39, 0.29) is 0 Å². The van der Waals surface area contributed by atoms with Crippen molar-refractivity contribution in [1.29, 1.82) is 0 Å². The molecule has 0 atom stereocenters. The van der Waals surface area contributed by atoms with Crippen LogP contribution in [0.3, 0.4) is 0 Å². The molecule has 29 heavy (non-hydrogen) atoms. The van der Waals surface area contributed by atoms with Crippen LogP contribution >= 0.6 is 0 Å². The highest BCUT2D eigenvalue weighted by Gasteiger charge is 2.19. The second kappa shape index (κ2) is 9.23. The van der Waals surface area contributed by atoms with Crippen molar-refractivity contribution in [3.63, 3.8) is 0 Å². The summed E-state index contributed by atoms with van der Waals surface area (Å²) in [5.41, 5.74) is 2.51. The monoisotopic (exact) mass is 390 g/mol.